The molecule has 0 atom stereocenters. The third kappa shape index (κ3) is 3.90. The van der Waals surface area contributed by atoms with Gasteiger partial charge in [0.2, 0.25) is 5.06 Å². The molecule has 106 valence electrons. The van der Waals surface area contributed by atoms with Gasteiger partial charge in [-0.25, -0.2) is 9.78 Å². The topological polar surface area (TPSA) is 91.6 Å². The van der Waals surface area contributed by atoms with Crippen LogP contribution in [0, 0.1) is 17.0 Å². The van der Waals surface area contributed by atoms with Crippen LogP contribution < -0.4 is 9.47 Å². The van der Waals surface area contributed by atoms with E-state index >= 15 is 0 Å². The van der Waals surface area contributed by atoms with Crippen molar-refractivity contribution in [1.82, 2.24) is 4.98 Å². The lowest BCUT2D eigenvalue weighted by Crippen LogP contribution is -2.13. The van der Waals surface area contributed by atoms with Crippen LogP contribution >= 0.6 is 23.7 Å². The molecule has 0 spiro atoms. The molecule has 1 aromatic heterocycles. The summed E-state index contributed by atoms with van der Waals surface area (Å²) in [4.78, 5) is 25.2. The van der Waals surface area contributed by atoms with Crippen molar-refractivity contribution in [2.45, 2.75) is 6.92 Å². The second kappa shape index (κ2) is 6.83. The minimum atomic E-state index is -0.916. The van der Waals surface area contributed by atoms with Gasteiger partial charge in [0.05, 0.1) is 16.6 Å². The molecule has 0 bridgehead atoms. The summed E-state index contributed by atoms with van der Waals surface area (Å²) in [6.45, 7) is 1.60. The minimum absolute atomic E-state index is 0. The molecule has 1 aromatic carbocycles. The molecule has 1 heterocycles. The highest BCUT2D eigenvalue weighted by molar-refractivity contribution is 7.11. The van der Waals surface area contributed by atoms with Gasteiger partial charge in [-0.15, -0.1) is 12.4 Å². The molecule has 0 aliphatic heterocycles. The Kier molecular flexibility index (Phi) is 5.42. The standard InChI is InChI=1S/C11H8N2O5S.ClH/c1-7-4-8(13(15)16)2-3-9(7)17-11(14)18-10-5-12-6-19-10;/h2-6H,1H3;1H. The van der Waals surface area contributed by atoms with Gasteiger partial charge < -0.3 is 9.47 Å². The lowest BCUT2D eigenvalue weighted by molar-refractivity contribution is -0.384. The summed E-state index contributed by atoms with van der Waals surface area (Å²) in [7, 11) is 0. The number of carbonyl (C=O) groups excluding carboxylic acids is 1. The van der Waals surface area contributed by atoms with E-state index in [9.17, 15) is 14.9 Å². The molecule has 0 fully saturated rings. The Bertz CT molecular complexity index is 617. The SMILES string of the molecule is Cc1cc([N+](=O)[O-])ccc1OC(=O)Oc1cncs1.Cl. The van der Waals surface area contributed by atoms with E-state index in [1.807, 2.05) is 0 Å². The number of aromatic nitrogens is 1. The van der Waals surface area contributed by atoms with Gasteiger partial charge in [-0.2, -0.15) is 0 Å². The van der Waals surface area contributed by atoms with Crippen LogP contribution in [0.3, 0.4) is 0 Å². The van der Waals surface area contributed by atoms with Crippen LogP contribution in [0.4, 0.5) is 10.5 Å². The van der Waals surface area contributed by atoms with Gasteiger partial charge in [-0.3, -0.25) is 10.1 Å². The average molecular weight is 317 g/mol. The first-order chi connectivity index (χ1) is 9.06. The zero-order valence-corrected chi connectivity index (χ0v) is 11.8. The van der Waals surface area contributed by atoms with Crippen LogP contribution in [0.2, 0.25) is 0 Å². The van der Waals surface area contributed by atoms with Gasteiger partial charge in [-0.1, -0.05) is 11.3 Å². The molecule has 20 heavy (non-hydrogen) atoms. The molecule has 0 amide bonds. The van der Waals surface area contributed by atoms with Crippen molar-refractivity contribution in [2.75, 3.05) is 0 Å². The highest BCUT2D eigenvalue weighted by atomic mass is 35.5. The maximum atomic E-state index is 11.5. The number of nitro groups is 1. The number of thiazole rings is 1. The molecule has 0 N–H and O–H groups in total. The van der Waals surface area contributed by atoms with E-state index in [-0.39, 0.29) is 23.8 Å². The Labute approximate surface area is 123 Å². The second-order valence-electron chi connectivity index (χ2n) is 3.48. The molecule has 2 aromatic rings. The predicted octanol–water partition coefficient (Wildman–Crippen LogP) is 3.36. The Balaban J connectivity index is 0.00000200. The van der Waals surface area contributed by atoms with Gasteiger partial charge in [0.25, 0.3) is 5.69 Å². The predicted molar refractivity (Wildman–Crippen MR) is 73.8 cm³/mol. The van der Waals surface area contributed by atoms with E-state index in [4.69, 9.17) is 9.47 Å². The number of nitro benzene ring substituents is 1. The zero-order chi connectivity index (χ0) is 13.8. The Hall–Kier alpha value is -2.19. The number of rotatable bonds is 3. The van der Waals surface area contributed by atoms with Crippen molar-refractivity contribution in [2.24, 2.45) is 0 Å². The second-order valence-corrected chi connectivity index (χ2v) is 4.33. The first-order valence-corrected chi connectivity index (χ1v) is 5.97. The first-order valence-electron chi connectivity index (χ1n) is 5.09. The van der Waals surface area contributed by atoms with Gasteiger partial charge >= 0.3 is 6.16 Å². The fourth-order valence-electron chi connectivity index (χ4n) is 1.31. The number of carbonyl (C=O) groups is 1. The Morgan fingerprint density at radius 2 is 2.15 bits per heavy atom. The first kappa shape index (κ1) is 15.9. The van der Waals surface area contributed by atoms with E-state index in [0.717, 1.165) is 11.3 Å². The van der Waals surface area contributed by atoms with Gasteiger partial charge in [0, 0.05) is 12.1 Å². The van der Waals surface area contributed by atoms with E-state index in [2.05, 4.69) is 4.98 Å². The number of non-ortho nitro benzene ring substituents is 1. The van der Waals surface area contributed by atoms with Crippen molar-refractivity contribution in [1.29, 1.82) is 0 Å². The minimum Gasteiger partial charge on any atom is -0.394 e. The van der Waals surface area contributed by atoms with Crippen LogP contribution in [-0.4, -0.2) is 16.1 Å². The molecule has 0 unspecified atom stereocenters. The zero-order valence-electron chi connectivity index (χ0n) is 10.1. The highest BCUT2D eigenvalue weighted by Crippen LogP contribution is 2.24. The smallest absolute Gasteiger partial charge is 0.394 e. The summed E-state index contributed by atoms with van der Waals surface area (Å²) in [6, 6.07) is 3.92. The molecule has 0 saturated heterocycles. The number of hydrogen-bond acceptors (Lipinski definition) is 7. The summed E-state index contributed by atoms with van der Waals surface area (Å²) >= 11 is 1.15. The third-order valence-electron chi connectivity index (χ3n) is 2.16. The lowest BCUT2D eigenvalue weighted by Gasteiger charge is -2.06. The lowest BCUT2D eigenvalue weighted by atomic mass is 10.2. The number of nitrogens with zero attached hydrogens (tertiary/aromatic N) is 2. The molecule has 7 nitrogen and oxygen atoms in total. The van der Waals surface area contributed by atoms with E-state index in [1.54, 1.807) is 6.92 Å². The fraction of sp³-hybridized carbons (Fsp3) is 0.0909. The average Bonchev–Trinajstić information content (AvgIpc) is 2.84. The molecule has 0 radical (unpaired) electrons. The monoisotopic (exact) mass is 316 g/mol. The van der Waals surface area contributed by atoms with Crippen molar-refractivity contribution in [3.8, 4) is 10.8 Å². The van der Waals surface area contributed by atoms with Crippen molar-refractivity contribution >= 4 is 35.6 Å². The fourth-order valence-corrected chi connectivity index (χ4v) is 1.77. The van der Waals surface area contributed by atoms with Crippen LogP contribution in [0.5, 0.6) is 10.8 Å². The molecule has 0 saturated carbocycles. The number of aryl methyl sites for hydroxylation is 1. The quantitative estimate of drug-likeness (QED) is 0.373. The third-order valence-corrected chi connectivity index (χ3v) is 2.80. The van der Waals surface area contributed by atoms with Gasteiger partial charge in [-0.05, 0) is 18.6 Å². The van der Waals surface area contributed by atoms with E-state index < -0.39 is 11.1 Å². The summed E-state index contributed by atoms with van der Waals surface area (Å²) in [5.74, 6) is 0.208. The summed E-state index contributed by atoms with van der Waals surface area (Å²) in [6.07, 6.45) is 0.468. The molecule has 0 aliphatic carbocycles. The van der Waals surface area contributed by atoms with E-state index in [1.165, 1.54) is 29.9 Å². The molecule has 2 rings (SSSR count). The number of benzene rings is 1. The maximum absolute atomic E-state index is 11.5. The maximum Gasteiger partial charge on any atom is 0.520 e. The molecule has 0 aliphatic rings. The van der Waals surface area contributed by atoms with Crippen LogP contribution in [0.25, 0.3) is 0 Å². The van der Waals surface area contributed by atoms with Gasteiger partial charge in [0.1, 0.15) is 5.75 Å². The van der Waals surface area contributed by atoms with Crippen molar-refractivity contribution in [3.05, 3.63) is 45.6 Å². The van der Waals surface area contributed by atoms with Crippen molar-refractivity contribution < 1.29 is 19.2 Å². The van der Waals surface area contributed by atoms with Crippen molar-refractivity contribution in [3.63, 3.8) is 0 Å². The number of ether oxygens (including phenoxy) is 2. The van der Waals surface area contributed by atoms with E-state index in [0.29, 0.717) is 10.6 Å². The Morgan fingerprint density at radius 3 is 2.70 bits per heavy atom. The number of halogens is 1. The normalized spacial score (nSPS) is 9.45. The molecular weight excluding hydrogens is 308 g/mol. The Morgan fingerprint density at radius 1 is 1.40 bits per heavy atom. The summed E-state index contributed by atoms with van der Waals surface area (Å²) in [5.41, 5.74) is 1.91. The summed E-state index contributed by atoms with van der Waals surface area (Å²) < 4.78 is 9.80. The number of hydrogen-bond donors (Lipinski definition) is 0. The molecular formula is C11H9ClN2O5S. The summed E-state index contributed by atoms with van der Waals surface area (Å²) in [5, 5.41) is 10.9. The van der Waals surface area contributed by atoms with Crippen LogP contribution in [-0.2, 0) is 0 Å². The van der Waals surface area contributed by atoms with Crippen LogP contribution in [0.1, 0.15) is 5.56 Å². The largest absolute Gasteiger partial charge is 0.520 e. The van der Waals surface area contributed by atoms with Gasteiger partial charge in [0.15, 0.2) is 0 Å². The molecule has 9 heteroatoms. The highest BCUT2D eigenvalue weighted by Gasteiger charge is 2.13. The van der Waals surface area contributed by atoms with Crippen LogP contribution in [0.15, 0.2) is 29.9 Å².